The first-order valence-corrected chi connectivity index (χ1v) is 8.39. The van der Waals surface area contributed by atoms with E-state index < -0.39 is 11.8 Å². The van der Waals surface area contributed by atoms with Gasteiger partial charge in [-0.15, -0.1) is 0 Å². The van der Waals surface area contributed by atoms with Gasteiger partial charge < -0.3 is 4.74 Å². The van der Waals surface area contributed by atoms with Crippen molar-refractivity contribution >= 4 is 29.5 Å². The van der Waals surface area contributed by atoms with Crippen LogP contribution >= 0.6 is 23.5 Å². The highest BCUT2D eigenvalue weighted by Crippen LogP contribution is 2.50. The Kier molecular flexibility index (Phi) is 4.85. The van der Waals surface area contributed by atoms with E-state index in [2.05, 4.69) is 9.97 Å². The topological polar surface area (TPSA) is 123 Å². The average molecular weight is 381 g/mol. The molecule has 1 aliphatic rings. The first kappa shape index (κ1) is 17.4. The lowest BCUT2D eigenvalue weighted by Crippen LogP contribution is -2.11. The van der Waals surface area contributed by atoms with Crippen molar-refractivity contribution in [3.8, 4) is 24.0 Å². The summed E-state index contributed by atoms with van der Waals surface area (Å²) in [5, 5.41) is 27.9. The fourth-order valence-corrected chi connectivity index (χ4v) is 4.09. The number of nitriles is 3. The van der Waals surface area contributed by atoms with Gasteiger partial charge in [0.05, 0.1) is 4.24 Å². The van der Waals surface area contributed by atoms with Gasteiger partial charge in [-0.25, -0.2) is 19.2 Å². The first-order valence-electron chi connectivity index (χ1n) is 6.76. The SMILES string of the molecule is N#CC(C(=O)Oc1ccccc1F)=C1Sc2nc(C#N)c(C#N)nc2S1. The summed E-state index contributed by atoms with van der Waals surface area (Å²) in [5.41, 5.74) is -0.638. The van der Waals surface area contributed by atoms with Gasteiger partial charge in [-0.05, 0) is 12.1 Å². The normalized spacial score (nSPS) is 11.7. The van der Waals surface area contributed by atoms with Gasteiger partial charge >= 0.3 is 5.97 Å². The van der Waals surface area contributed by atoms with Gasteiger partial charge in [0.15, 0.2) is 28.5 Å². The molecule has 0 bridgehead atoms. The zero-order chi connectivity index (χ0) is 18.7. The number of para-hydroxylation sites is 1. The van der Waals surface area contributed by atoms with Crippen LogP contribution in [0.1, 0.15) is 11.4 Å². The van der Waals surface area contributed by atoms with Crippen LogP contribution in [0.3, 0.4) is 0 Å². The number of aromatic nitrogens is 2. The van der Waals surface area contributed by atoms with Gasteiger partial charge in [-0.2, -0.15) is 15.8 Å². The molecule has 10 heteroatoms. The molecule has 26 heavy (non-hydrogen) atoms. The number of halogens is 1. The summed E-state index contributed by atoms with van der Waals surface area (Å²) < 4.78 is 18.8. The number of esters is 1. The number of hydrogen-bond acceptors (Lipinski definition) is 9. The van der Waals surface area contributed by atoms with Crippen molar-refractivity contribution in [3.63, 3.8) is 0 Å². The number of carbonyl (C=O) groups is 1. The molecule has 0 unspecified atom stereocenters. The van der Waals surface area contributed by atoms with E-state index in [0.29, 0.717) is 10.1 Å². The van der Waals surface area contributed by atoms with Crippen LogP contribution in [0.4, 0.5) is 4.39 Å². The van der Waals surface area contributed by atoms with Crippen LogP contribution < -0.4 is 4.74 Å². The van der Waals surface area contributed by atoms with Crippen molar-refractivity contribution in [1.29, 1.82) is 15.8 Å². The lowest BCUT2D eigenvalue weighted by Gasteiger charge is -2.05. The third kappa shape index (κ3) is 3.22. The Morgan fingerprint density at radius 3 is 2.12 bits per heavy atom. The smallest absolute Gasteiger partial charge is 0.356 e. The molecule has 1 aliphatic heterocycles. The number of rotatable bonds is 2. The zero-order valence-corrected chi connectivity index (χ0v) is 14.2. The molecule has 7 nitrogen and oxygen atoms in total. The molecule has 0 atom stereocenters. The lowest BCUT2D eigenvalue weighted by atomic mass is 10.3. The molecule has 0 aliphatic carbocycles. The zero-order valence-electron chi connectivity index (χ0n) is 12.6. The van der Waals surface area contributed by atoms with Crippen molar-refractivity contribution in [3.05, 3.63) is 51.3 Å². The molecule has 0 amide bonds. The second kappa shape index (κ2) is 7.24. The second-order valence-corrected chi connectivity index (χ2v) is 6.81. The van der Waals surface area contributed by atoms with Crippen molar-refractivity contribution < 1.29 is 13.9 Å². The van der Waals surface area contributed by atoms with Gasteiger partial charge in [0, 0.05) is 0 Å². The van der Waals surface area contributed by atoms with E-state index in [0.717, 1.165) is 29.6 Å². The van der Waals surface area contributed by atoms with Crippen LogP contribution in [-0.2, 0) is 4.79 Å². The highest BCUT2D eigenvalue weighted by molar-refractivity contribution is 8.24. The number of thioether (sulfide) groups is 2. The van der Waals surface area contributed by atoms with Crippen LogP contribution in [0.15, 0.2) is 44.1 Å². The molecular weight excluding hydrogens is 377 g/mol. The van der Waals surface area contributed by atoms with Crippen LogP contribution in [0, 0.1) is 39.8 Å². The van der Waals surface area contributed by atoms with Crippen LogP contribution in [0.2, 0.25) is 0 Å². The summed E-state index contributed by atoms with van der Waals surface area (Å²) in [6.45, 7) is 0. The largest absolute Gasteiger partial charge is 0.419 e. The van der Waals surface area contributed by atoms with Crippen molar-refractivity contribution in [2.75, 3.05) is 0 Å². The molecule has 0 fully saturated rings. The van der Waals surface area contributed by atoms with Gasteiger partial charge in [-0.1, -0.05) is 35.7 Å². The van der Waals surface area contributed by atoms with Crippen LogP contribution in [-0.4, -0.2) is 15.9 Å². The van der Waals surface area contributed by atoms with E-state index in [1.54, 1.807) is 18.2 Å². The summed E-state index contributed by atoms with van der Waals surface area (Å²) in [4.78, 5) is 20.3. The Morgan fingerprint density at radius 1 is 1.04 bits per heavy atom. The number of ether oxygens (including phenoxy) is 1. The Hall–Kier alpha value is -3.39. The molecule has 1 aromatic carbocycles. The molecule has 0 N–H and O–H groups in total. The summed E-state index contributed by atoms with van der Waals surface area (Å²) in [5.74, 6) is -2.06. The Morgan fingerprint density at radius 2 is 1.62 bits per heavy atom. The molecule has 124 valence electrons. The number of carbonyl (C=O) groups excluding carboxylic acids is 1. The van der Waals surface area contributed by atoms with E-state index in [9.17, 15) is 14.4 Å². The highest BCUT2D eigenvalue weighted by atomic mass is 32.2. The quantitative estimate of drug-likeness (QED) is 0.334. The molecule has 3 rings (SSSR count). The lowest BCUT2D eigenvalue weighted by molar-refractivity contribution is -0.129. The summed E-state index contributed by atoms with van der Waals surface area (Å²) in [7, 11) is 0. The monoisotopic (exact) mass is 381 g/mol. The minimum atomic E-state index is -1.03. The Balaban J connectivity index is 1.93. The maximum atomic E-state index is 13.6. The number of benzene rings is 1. The first-order chi connectivity index (χ1) is 12.6. The van der Waals surface area contributed by atoms with Crippen LogP contribution in [0.5, 0.6) is 5.75 Å². The Bertz CT molecular complexity index is 1050. The van der Waals surface area contributed by atoms with E-state index >= 15 is 0 Å². The minimum absolute atomic E-state index is 0.145. The second-order valence-electron chi connectivity index (χ2n) is 4.55. The predicted molar refractivity (Wildman–Crippen MR) is 87.8 cm³/mol. The fraction of sp³-hybridized carbons (Fsp3) is 0. The Labute approximate surface area is 154 Å². The molecule has 0 spiro atoms. The number of nitrogens with zero attached hydrogens (tertiary/aromatic N) is 5. The molecule has 2 heterocycles. The van der Waals surface area contributed by atoms with Crippen molar-refractivity contribution in [2.45, 2.75) is 10.1 Å². The van der Waals surface area contributed by atoms with Crippen molar-refractivity contribution in [1.82, 2.24) is 9.97 Å². The van der Waals surface area contributed by atoms with E-state index in [-0.39, 0.29) is 26.9 Å². The molecule has 1 aromatic heterocycles. The van der Waals surface area contributed by atoms with Gasteiger partial charge in [0.25, 0.3) is 0 Å². The molecular formula is C16H4FN5O2S2. The number of hydrogen-bond donors (Lipinski definition) is 0. The van der Waals surface area contributed by atoms with E-state index in [1.165, 1.54) is 18.2 Å². The maximum Gasteiger partial charge on any atom is 0.356 e. The summed E-state index contributed by atoms with van der Waals surface area (Å²) >= 11 is 1.90. The summed E-state index contributed by atoms with van der Waals surface area (Å²) in [6, 6.07) is 10.6. The third-order valence-electron chi connectivity index (χ3n) is 2.98. The summed E-state index contributed by atoms with van der Waals surface area (Å²) in [6.07, 6.45) is 0. The number of fused-ring (bicyclic) bond motifs is 1. The average Bonchev–Trinajstić information content (AvgIpc) is 3.05. The van der Waals surface area contributed by atoms with Gasteiger partial charge in [-0.3, -0.25) is 0 Å². The van der Waals surface area contributed by atoms with Gasteiger partial charge in [0.2, 0.25) is 0 Å². The minimum Gasteiger partial charge on any atom is -0.419 e. The fourth-order valence-electron chi connectivity index (χ4n) is 1.85. The molecule has 2 aromatic rings. The van der Waals surface area contributed by atoms with E-state index in [1.807, 2.05) is 0 Å². The van der Waals surface area contributed by atoms with Crippen molar-refractivity contribution in [2.24, 2.45) is 0 Å². The highest BCUT2D eigenvalue weighted by Gasteiger charge is 2.29. The molecule has 0 radical (unpaired) electrons. The third-order valence-corrected chi connectivity index (χ3v) is 5.35. The van der Waals surface area contributed by atoms with Crippen LogP contribution in [0.25, 0.3) is 0 Å². The standard InChI is InChI=1S/C16H4FN5O2S2/c17-9-3-1-2-4-12(9)24-15(23)8(5-18)16-25-13-14(26-16)22-11(7-20)10(6-19)21-13/h1-4H. The van der Waals surface area contributed by atoms with E-state index in [4.69, 9.17) is 15.3 Å². The molecule has 0 saturated heterocycles. The molecule has 0 saturated carbocycles. The predicted octanol–water partition coefficient (Wildman–Crippen LogP) is 2.90. The maximum absolute atomic E-state index is 13.6. The van der Waals surface area contributed by atoms with Gasteiger partial charge in [0.1, 0.15) is 28.3 Å².